The van der Waals surface area contributed by atoms with Crippen LogP contribution in [-0.4, -0.2) is 41.1 Å². The standard InChI is InChI=1S/C9H14N2O5S/c1-4(10-2)7(17)8(14)11-5(9(15)16)3-6(12)13/h5,10,17H,3H2,1-2H3,(H,11,14)(H,12,13)(H,15,16)/b7-4-. The summed E-state index contributed by atoms with van der Waals surface area (Å²) >= 11 is 3.90. The fraction of sp³-hybridized carbons (Fsp3) is 0.444. The summed E-state index contributed by atoms with van der Waals surface area (Å²) in [4.78, 5) is 32.6. The second-order valence-corrected chi connectivity index (χ2v) is 3.63. The van der Waals surface area contributed by atoms with Gasteiger partial charge in [0.15, 0.2) is 0 Å². The molecule has 0 heterocycles. The van der Waals surface area contributed by atoms with Gasteiger partial charge in [0, 0.05) is 12.7 Å². The number of hydrogen-bond donors (Lipinski definition) is 5. The molecule has 1 atom stereocenters. The zero-order chi connectivity index (χ0) is 13.6. The first-order chi connectivity index (χ1) is 7.79. The van der Waals surface area contributed by atoms with Gasteiger partial charge >= 0.3 is 11.9 Å². The van der Waals surface area contributed by atoms with E-state index in [9.17, 15) is 14.4 Å². The smallest absolute Gasteiger partial charge is 0.326 e. The number of aliphatic carboxylic acids is 2. The first-order valence-corrected chi connectivity index (χ1v) is 5.07. The van der Waals surface area contributed by atoms with Crippen molar-refractivity contribution in [1.82, 2.24) is 10.6 Å². The Morgan fingerprint density at radius 1 is 1.29 bits per heavy atom. The summed E-state index contributed by atoms with van der Waals surface area (Å²) in [5.74, 6) is -3.47. The van der Waals surface area contributed by atoms with Crippen molar-refractivity contribution in [3.63, 3.8) is 0 Å². The second kappa shape index (κ2) is 6.79. The molecular formula is C9H14N2O5S. The van der Waals surface area contributed by atoms with Gasteiger partial charge in [0.05, 0.1) is 11.3 Å². The lowest BCUT2D eigenvalue weighted by Gasteiger charge is -2.13. The van der Waals surface area contributed by atoms with Crippen LogP contribution in [0.3, 0.4) is 0 Å². The molecule has 0 fully saturated rings. The molecular weight excluding hydrogens is 248 g/mol. The van der Waals surface area contributed by atoms with E-state index in [2.05, 4.69) is 23.3 Å². The van der Waals surface area contributed by atoms with Gasteiger partial charge in [-0.1, -0.05) is 0 Å². The van der Waals surface area contributed by atoms with Crippen molar-refractivity contribution in [3.8, 4) is 0 Å². The lowest BCUT2D eigenvalue weighted by molar-refractivity contribution is -0.146. The van der Waals surface area contributed by atoms with Crippen molar-refractivity contribution < 1.29 is 24.6 Å². The third-order valence-electron chi connectivity index (χ3n) is 1.93. The van der Waals surface area contributed by atoms with Crippen molar-refractivity contribution in [2.75, 3.05) is 7.05 Å². The van der Waals surface area contributed by atoms with Crippen molar-refractivity contribution in [3.05, 3.63) is 10.6 Å². The fourth-order valence-electron chi connectivity index (χ4n) is 0.890. The minimum atomic E-state index is -1.48. The number of carbonyl (C=O) groups excluding carboxylic acids is 1. The van der Waals surface area contributed by atoms with Gasteiger partial charge in [0.1, 0.15) is 6.04 Å². The number of hydrogen-bond acceptors (Lipinski definition) is 5. The van der Waals surface area contributed by atoms with Crippen molar-refractivity contribution in [1.29, 1.82) is 0 Å². The molecule has 1 amide bonds. The predicted octanol–water partition coefficient (Wildman–Crippen LogP) is -0.589. The Labute approximate surface area is 103 Å². The number of carboxylic acid groups (broad SMARTS) is 2. The number of carboxylic acids is 2. The molecule has 0 aromatic rings. The molecule has 17 heavy (non-hydrogen) atoms. The number of amides is 1. The Hall–Kier alpha value is -1.70. The molecule has 0 saturated heterocycles. The molecule has 96 valence electrons. The zero-order valence-electron chi connectivity index (χ0n) is 9.35. The van der Waals surface area contributed by atoms with Crippen molar-refractivity contribution in [2.24, 2.45) is 0 Å². The Morgan fingerprint density at radius 2 is 1.82 bits per heavy atom. The van der Waals surface area contributed by atoms with Crippen LogP contribution in [0.4, 0.5) is 0 Å². The minimum absolute atomic E-state index is 0.00383. The number of allylic oxidation sites excluding steroid dienone is 1. The molecule has 0 aliphatic rings. The Bertz CT molecular complexity index is 366. The summed E-state index contributed by atoms with van der Waals surface area (Å²) < 4.78 is 0. The van der Waals surface area contributed by atoms with E-state index >= 15 is 0 Å². The summed E-state index contributed by atoms with van der Waals surface area (Å²) in [5, 5.41) is 21.9. The van der Waals surface area contributed by atoms with Gasteiger partial charge in [-0.15, -0.1) is 12.6 Å². The van der Waals surface area contributed by atoms with Crippen molar-refractivity contribution >= 4 is 30.5 Å². The van der Waals surface area contributed by atoms with Crippen LogP contribution in [-0.2, 0) is 14.4 Å². The molecule has 0 aliphatic heterocycles. The molecule has 1 unspecified atom stereocenters. The highest BCUT2D eigenvalue weighted by Crippen LogP contribution is 2.06. The SMILES string of the molecule is CN/C(C)=C(\S)C(=O)NC(CC(=O)O)C(=O)O. The van der Waals surface area contributed by atoms with Gasteiger partial charge < -0.3 is 20.8 Å². The molecule has 7 nitrogen and oxygen atoms in total. The first-order valence-electron chi connectivity index (χ1n) is 4.62. The predicted molar refractivity (Wildman–Crippen MR) is 62.6 cm³/mol. The topological polar surface area (TPSA) is 116 Å². The molecule has 4 N–H and O–H groups in total. The van der Waals surface area contributed by atoms with E-state index in [1.54, 1.807) is 14.0 Å². The fourth-order valence-corrected chi connectivity index (χ4v) is 1.07. The van der Waals surface area contributed by atoms with E-state index in [1.807, 2.05) is 0 Å². The lowest BCUT2D eigenvalue weighted by atomic mass is 10.2. The Morgan fingerprint density at radius 3 is 2.18 bits per heavy atom. The highest BCUT2D eigenvalue weighted by Gasteiger charge is 2.24. The zero-order valence-corrected chi connectivity index (χ0v) is 10.2. The summed E-state index contributed by atoms with van der Waals surface area (Å²) in [6.45, 7) is 1.58. The van der Waals surface area contributed by atoms with Gasteiger partial charge in [-0.05, 0) is 6.92 Å². The van der Waals surface area contributed by atoms with Crippen LogP contribution >= 0.6 is 12.6 Å². The average Bonchev–Trinajstić information content (AvgIpc) is 2.25. The molecule has 0 aliphatic carbocycles. The van der Waals surface area contributed by atoms with Crippen molar-refractivity contribution in [2.45, 2.75) is 19.4 Å². The van der Waals surface area contributed by atoms with E-state index in [4.69, 9.17) is 10.2 Å². The molecule has 0 radical (unpaired) electrons. The second-order valence-electron chi connectivity index (χ2n) is 3.19. The van der Waals surface area contributed by atoms with E-state index < -0.39 is 30.3 Å². The summed E-state index contributed by atoms with van der Waals surface area (Å²) in [6, 6.07) is -1.48. The highest BCUT2D eigenvalue weighted by molar-refractivity contribution is 7.85. The summed E-state index contributed by atoms with van der Waals surface area (Å²) in [5.41, 5.74) is 0.449. The number of rotatable bonds is 6. The molecule has 8 heteroatoms. The maximum Gasteiger partial charge on any atom is 0.326 e. The molecule has 0 bridgehead atoms. The normalized spacial score (nSPS) is 13.4. The van der Waals surface area contributed by atoms with Gasteiger partial charge in [-0.2, -0.15) is 0 Å². The van der Waals surface area contributed by atoms with Crippen LogP contribution < -0.4 is 10.6 Å². The van der Waals surface area contributed by atoms with Crippen LogP contribution in [0.2, 0.25) is 0 Å². The van der Waals surface area contributed by atoms with E-state index in [0.717, 1.165) is 0 Å². The Kier molecular flexibility index (Phi) is 6.11. The van der Waals surface area contributed by atoms with Crippen LogP contribution in [0.15, 0.2) is 10.6 Å². The number of thiol groups is 1. The van der Waals surface area contributed by atoms with Crippen LogP contribution in [0.5, 0.6) is 0 Å². The largest absolute Gasteiger partial charge is 0.481 e. The van der Waals surface area contributed by atoms with Crippen LogP contribution in [0, 0.1) is 0 Å². The molecule has 0 aromatic heterocycles. The Balaban J connectivity index is 4.73. The van der Waals surface area contributed by atoms with Gasteiger partial charge in [-0.3, -0.25) is 9.59 Å². The van der Waals surface area contributed by atoms with Gasteiger partial charge in [-0.25, -0.2) is 4.79 Å². The van der Waals surface area contributed by atoms with E-state index in [-0.39, 0.29) is 4.91 Å². The third-order valence-corrected chi connectivity index (χ3v) is 2.47. The summed E-state index contributed by atoms with van der Waals surface area (Å²) in [6.07, 6.45) is -0.694. The number of carbonyl (C=O) groups is 3. The quantitative estimate of drug-likeness (QED) is 0.323. The summed E-state index contributed by atoms with van der Waals surface area (Å²) in [7, 11) is 1.57. The molecule has 0 aromatic carbocycles. The van der Waals surface area contributed by atoms with Gasteiger partial charge in [0.25, 0.3) is 5.91 Å². The lowest BCUT2D eigenvalue weighted by Crippen LogP contribution is -2.42. The monoisotopic (exact) mass is 262 g/mol. The number of nitrogens with one attached hydrogen (secondary N) is 2. The maximum atomic E-state index is 11.5. The van der Waals surface area contributed by atoms with Gasteiger partial charge in [0.2, 0.25) is 0 Å². The first kappa shape index (κ1) is 15.3. The highest BCUT2D eigenvalue weighted by atomic mass is 32.1. The molecule has 0 rings (SSSR count). The van der Waals surface area contributed by atoms with Crippen LogP contribution in [0.1, 0.15) is 13.3 Å². The maximum absolute atomic E-state index is 11.5. The van der Waals surface area contributed by atoms with E-state index in [1.165, 1.54) is 0 Å². The third kappa shape index (κ3) is 5.25. The van der Waals surface area contributed by atoms with Crippen LogP contribution in [0.25, 0.3) is 0 Å². The molecule has 0 spiro atoms. The van der Waals surface area contributed by atoms with E-state index in [0.29, 0.717) is 5.70 Å². The minimum Gasteiger partial charge on any atom is -0.481 e. The molecule has 0 saturated carbocycles. The average molecular weight is 262 g/mol.